The molecule has 14 heavy (non-hydrogen) atoms. The summed E-state index contributed by atoms with van der Waals surface area (Å²) in [5.41, 5.74) is 0.193. The molecule has 0 aliphatic carbocycles. The van der Waals surface area contributed by atoms with Crippen molar-refractivity contribution in [3.63, 3.8) is 0 Å². The van der Waals surface area contributed by atoms with Crippen LogP contribution in [-0.4, -0.2) is 25.6 Å². The van der Waals surface area contributed by atoms with E-state index < -0.39 is 15.9 Å². The predicted molar refractivity (Wildman–Crippen MR) is 54.2 cm³/mol. The molecule has 0 unspecified atom stereocenters. The van der Waals surface area contributed by atoms with Crippen LogP contribution in [0.15, 0.2) is 22.9 Å². The van der Waals surface area contributed by atoms with Crippen molar-refractivity contribution < 1.29 is 13.2 Å². The van der Waals surface area contributed by atoms with E-state index in [2.05, 4.69) is 20.9 Å². The number of carbonyl (C=O) groups is 1. The number of nitrogens with zero attached hydrogens (tertiary/aromatic N) is 1. The van der Waals surface area contributed by atoms with Crippen LogP contribution in [0.5, 0.6) is 0 Å². The molecule has 0 saturated carbocycles. The van der Waals surface area contributed by atoms with Gasteiger partial charge >= 0.3 is 0 Å². The van der Waals surface area contributed by atoms with Gasteiger partial charge in [0.05, 0.1) is 11.8 Å². The van der Waals surface area contributed by atoms with E-state index in [0.717, 1.165) is 6.26 Å². The first-order valence-corrected chi connectivity index (χ1v) is 6.20. The van der Waals surface area contributed by atoms with Crippen LogP contribution in [-0.2, 0) is 10.0 Å². The topological polar surface area (TPSA) is 76.1 Å². The number of carbonyl (C=O) groups excluding carboxylic acids is 1. The Morgan fingerprint density at radius 3 is 2.57 bits per heavy atom. The second-order valence-corrected chi connectivity index (χ2v) is 5.13. The Kier molecular flexibility index (Phi) is 3.22. The van der Waals surface area contributed by atoms with E-state index in [1.807, 2.05) is 4.72 Å². The Labute approximate surface area is 89.7 Å². The van der Waals surface area contributed by atoms with Gasteiger partial charge in [0, 0.05) is 6.20 Å². The highest BCUT2D eigenvalue weighted by molar-refractivity contribution is 9.10. The Morgan fingerprint density at radius 2 is 2.14 bits per heavy atom. The fourth-order valence-corrected chi connectivity index (χ4v) is 1.43. The molecule has 1 heterocycles. The second kappa shape index (κ2) is 4.05. The number of hydrogen-bond acceptors (Lipinski definition) is 4. The first-order chi connectivity index (χ1) is 6.38. The molecular formula is C7H7BrN2O3S. The third-order valence-corrected chi connectivity index (χ3v) is 2.29. The highest BCUT2D eigenvalue weighted by Crippen LogP contribution is 2.06. The fourth-order valence-electron chi connectivity index (χ4n) is 0.737. The largest absolute Gasteiger partial charge is 0.268 e. The van der Waals surface area contributed by atoms with Crippen LogP contribution in [0.1, 0.15) is 10.4 Å². The molecule has 5 nitrogen and oxygen atoms in total. The van der Waals surface area contributed by atoms with Gasteiger partial charge in [-0.2, -0.15) is 0 Å². The van der Waals surface area contributed by atoms with Crippen molar-refractivity contribution in [2.24, 2.45) is 0 Å². The van der Waals surface area contributed by atoms with E-state index in [1.165, 1.54) is 12.3 Å². The highest BCUT2D eigenvalue weighted by Gasteiger charge is 2.10. The third-order valence-electron chi connectivity index (χ3n) is 1.27. The van der Waals surface area contributed by atoms with Gasteiger partial charge in [-0.1, -0.05) is 0 Å². The van der Waals surface area contributed by atoms with Gasteiger partial charge in [0.25, 0.3) is 5.91 Å². The Balaban J connectivity index is 2.86. The lowest BCUT2D eigenvalue weighted by Crippen LogP contribution is -2.29. The van der Waals surface area contributed by atoms with Crippen molar-refractivity contribution in [2.45, 2.75) is 0 Å². The molecular weight excluding hydrogens is 272 g/mol. The minimum absolute atomic E-state index is 0.193. The number of halogens is 1. The average molecular weight is 279 g/mol. The van der Waals surface area contributed by atoms with Crippen molar-refractivity contribution in [1.29, 1.82) is 0 Å². The number of nitrogens with one attached hydrogen (secondary N) is 1. The van der Waals surface area contributed by atoms with Crippen molar-refractivity contribution in [1.82, 2.24) is 9.71 Å². The predicted octanol–water partition coefficient (Wildman–Crippen LogP) is 0.534. The molecule has 76 valence electrons. The van der Waals surface area contributed by atoms with Crippen LogP contribution < -0.4 is 4.72 Å². The molecule has 7 heteroatoms. The molecule has 0 aliphatic heterocycles. The molecule has 1 amide bonds. The molecule has 0 atom stereocenters. The fraction of sp³-hybridized carbons (Fsp3) is 0.143. The smallest absolute Gasteiger partial charge is 0.266 e. The van der Waals surface area contributed by atoms with Crippen LogP contribution in [0.3, 0.4) is 0 Å². The second-order valence-electron chi connectivity index (χ2n) is 2.57. The van der Waals surface area contributed by atoms with Gasteiger partial charge in [-0.05, 0) is 28.1 Å². The summed E-state index contributed by atoms with van der Waals surface area (Å²) < 4.78 is 23.9. The lowest BCUT2D eigenvalue weighted by Gasteiger charge is -2.01. The number of rotatable bonds is 2. The summed E-state index contributed by atoms with van der Waals surface area (Å²) in [6, 6.07) is 3.02. The maximum atomic E-state index is 11.2. The van der Waals surface area contributed by atoms with Gasteiger partial charge in [-0.3, -0.25) is 4.79 Å². The van der Waals surface area contributed by atoms with Crippen LogP contribution in [0, 0.1) is 0 Å². The Morgan fingerprint density at radius 1 is 1.50 bits per heavy atom. The molecule has 1 rings (SSSR count). The van der Waals surface area contributed by atoms with Crippen molar-refractivity contribution >= 4 is 31.9 Å². The first kappa shape index (κ1) is 11.1. The molecule has 1 aromatic heterocycles. The molecule has 0 spiro atoms. The van der Waals surface area contributed by atoms with E-state index in [9.17, 15) is 13.2 Å². The van der Waals surface area contributed by atoms with E-state index in [-0.39, 0.29) is 5.56 Å². The maximum absolute atomic E-state index is 11.2. The standard InChI is InChI=1S/C7H7BrN2O3S/c1-14(12,13)10-7(11)5-2-3-6(8)9-4-5/h2-4H,1H3,(H,10,11). The molecule has 0 aromatic carbocycles. The van der Waals surface area contributed by atoms with E-state index in [4.69, 9.17) is 0 Å². The SMILES string of the molecule is CS(=O)(=O)NC(=O)c1ccc(Br)nc1. The summed E-state index contributed by atoms with van der Waals surface area (Å²) in [6.07, 6.45) is 2.20. The van der Waals surface area contributed by atoms with Crippen LogP contribution >= 0.6 is 15.9 Å². The summed E-state index contributed by atoms with van der Waals surface area (Å²) in [4.78, 5) is 15.0. The van der Waals surface area contributed by atoms with Crippen molar-refractivity contribution in [3.05, 3.63) is 28.5 Å². The van der Waals surface area contributed by atoms with Crippen molar-refractivity contribution in [2.75, 3.05) is 6.26 Å². The van der Waals surface area contributed by atoms with E-state index >= 15 is 0 Å². The minimum Gasteiger partial charge on any atom is -0.268 e. The summed E-state index contributed by atoms with van der Waals surface area (Å²) in [5, 5.41) is 0. The number of amides is 1. The molecule has 0 bridgehead atoms. The summed E-state index contributed by atoms with van der Waals surface area (Å²) in [5.74, 6) is -0.688. The number of aromatic nitrogens is 1. The molecule has 0 aliphatic rings. The minimum atomic E-state index is -3.52. The molecule has 1 N–H and O–H groups in total. The van der Waals surface area contributed by atoms with Crippen LogP contribution in [0.2, 0.25) is 0 Å². The van der Waals surface area contributed by atoms with Crippen LogP contribution in [0.25, 0.3) is 0 Å². The molecule has 0 fully saturated rings. The number of pyridine rings is 1. The quantitative estimate of drug-likeness (QED) is 0.801. The van der Waals surface area contributed by atoms with E-state index in [1.54, 1.807) is 6.07 Å². The zero-order chi connectivity index (χ0) is 10.8. The van der Waals surface area contributed by atoms with Gasteiger partial charge in [0.1, 0.15) is 4.60 Å². The zero-order valence-electron chi connectivity index (χ0n) is 7.19. The Hall–Kier alpha value is -0.950. The maximum Gasteiger partial charge on any atom is 0.266 e. The normalized spacial score (nSPS) is 11.0. The third kappa shape index (κ3) is 3.43. The molecule has 1 aromatic rings. The monoisotopic (exact) mass is 278 g/mol. The number of sulfonamides is 1. The molecule has 0 saturated heterocycles. The molecule has 0 radical (unpaired) electrons. The first-order valence-electron chi connectivity index (χ1n) is 3.52. The number of hydrogen-bond donors (Lipinski definition) is 1. The zero-order valence-corrected chi connectivity index (χ0v) is 9.59. The summed E-state index contributed by atoms with van der Waals surface area (Å²) in [6.45, 7) is 0. The summed E-state index contributed by atoms with van der Waals surface area (Å²) >= 11 is 3.09. The lowest BCUT2D eigenvalue weighted by molar-refractivity contribution is 0.0981. The van der Waals surface area contributed by atoms with E-state index in [0.29, 0.717) is 4.60 Å². The van der Waals surface area contributed by atoms with Gasteiger partial charge in [-0.15, -0.1) is 0 Å². The van der Waals surface area contributed by atoms with Crippen LogP contribution in [0.4, 0.5) is 0 Å². The Bertz CT molecular complexity index is 441. The highest BCUT2D eigenvalue weighted by atomic mass is 79.9. The van der Waals surface area contributed by atoms with Gasteiger partial charge in [0.15, 0.2) is 0 Å². The van der Waals surface area contributed by atoms with Crippen molar-refractivity contribution in [3.8, 4) is 0 Å². The average Bonchev–Trinajstić information content (AvgIpc) is 2.02. The lowest BCUT2D eigenvalue weighted by atomic mass is 10.3. The summed E-state index contributed by atoms with van der Waals surface area (Å²) in [7, 11) is -3.52. The van der Waals surface area contributed by atoms with Gasteiger partial charge in [-0.25, -0.2) is 18.1 Å². The van der Waals surface area contributed by atoms with Gasteiger partial charge < -0.3 is 0 Å². The van der Waals surface area contributed by atoms with Gasteiger partial charge in [0.2, 0.25) is 10.0 Å².